The number of ether oxygens (including phenoxy) is 2. The van der Waals surface area contributed by atoms with Gasteiger partial charge in [0, 0.05) is 35.7 Å². The average Bonchev–Trinajstić information content (AvgIpc) is 3.10. The minimum absolute atomic E-state index is 0.256. The number of rotatable bonds is 5. The first-order valence-electron chi connectivity index (χ1n) is 8.99. The molecule has 2 heterocycles. The van der Waals surface area contributed by atoms with Gasteiger partial charge in [-0.3, -0.25) is 0 Å². The molecular formula is C21H22N4O2. The van der Waals surface area contributed by atoms with Crippen LogP contribution in [0.1, 0.15) is 18.2 Å². The third-order valence-corrected chi connectivity index (χ3v) is 4.38. The van der Waals surface area contributed by atoms with Crippen molar-refractivity contribution in [3.8, 4) is 11.5 Å². The Kier molecular flexibility index (Phi) is 4.54. The molecule has 0 radical (unpaired) electrons. The van der Waals surface area contributed by atoms with Crippen LogP contribution >= 0.6 is 0 Å². The summed E-state index contributed by atoms with van der Waals surface area (Å²) in [7, 11) is 0. The Hall–Kier alpha value is -3.28. The van der Waals surface area contributed by atoms with E-state index in [0.29, 0.717) is 5.95 Å². The second kappa shape index (κ2) is 7.15. The van der Waals surface area contributed by atoms with Gasteiger partial charge in [0.05, 0.1) is 0 Å². The van der Waals surface area contributed by atoms with Crippen LogP contribution < -0.4 is 19.7 Å². The summed E-state index contributed by atoms with van der Waals surface area (Å²) in [5.41, 5.74) is 4.09. The lowest BCUT2D eigenvalue weighted by molar-refractivity contribution is 0.174. The monoisotopic (exact) mass is 362 g/mol. The molecule has 0 atom stereocenters. The molecular weight excluding hydrogens is 340 g/mol. The third kappa shape index (κ3) is 3.65. The van der Waals surface area contributed by atoms with Crippen molar-refractivity contribution in [3.63, 3.8) is 0 Å². The first-order chi connectivity index (χ1) is 13.1. The molecule has 1 aliphatic rings. The van der Waals surface area contributed by atoms with Gasteiger partial charge in [0.1, 0.15) is 5.82 Å². The van der Waals surface area contributed by atoms with Gasteiger partial charge in [-0.2, -0.15) is 4.98 Å². The number of anilines is 4. The maximum absolute atomic E-state index is 5.44. The van der Waals surface area contributed by atoms with Crippen LogP contribution in [0.15, 0.2) is 48.5 Å². The maximum atomic E-state index is 5.44. The number of benzene rings is 2. The molecule has 2 aromatic carbocycles. The summed E-state index contributed by atoms with van der Waals surface area (Å²) in [5, 5.41) is 3.27. The summed E-state index contributed by atoms with van der Waals surface area (Å²) >= 11 is 0. The Morgan fingerprint density at radius 2 is 1.85 bits per heavy atom. The number of aromatic nitrogens is 2. The Morgan fingerprint density at radius 1 is 1.00 bits per heavy atom. The van der Waals surface area contributed by atoms with Gasteiger partial charge in [-0.25, -0.2) is 4.98 Å². The van der Waals surface area contributed by atoms with Crippen LogP contribution in [-0.2, 0) is 0 Å². The zero-order chi connectivity index (χ0) is 18.8. The van der Waals surface area contributed by atoms with E-state index in [2.05, 4.69) is 53.3 Å². The molecule has 3 aromatic rings. The molecule has 6 heteroatoms. The number of nitrogens with zero attached hydrogens (tertiary/aromatic N) is 3. The SMILES string of the molecule is CCN(c1cccc(C)c1)c1cc(C)nc(Nc2ccc3c(c2)OCO3)n1. The smallest absolute Gasteiger partial charge is 0.231 e. The van der Waals surface area contributed by atoms with E-state index in [1.54, 1.807) is 0 Å². The molecule has 27 heavy (non-hydrogen) atoms. The zero-order valence-electron chi connectivity index (χ0n) is 15.7. The average molecular weight is 362 g/mol. The lowest BCUT2D eigenvalue weighted by Gasteiger charge is -2.23. The molecule has 0 amide bonds. The van der Waals surface area contributed by atoms with Crippen LogP contribution in [0, 0.1) is 13.8 Å². The Labute approximate surface area is 158 Å². The number of nitrogens with one attached hydrogen (secondary N) is 1. The van der Waals surface area contributed by atoms with E-state index in [-0.39, 0.29) is 6.79 Å². The summed E-state index contributed by atoms with van der Waals surface area (Å²) in [6.07, 6.45) is 0. The van der Waals surface area contributed by atoms with Gasteiger partial charge in [0.15, 0.2) is 11.5 Å². The van der Waals surface area contributed by atoms with Gasteiger partial charge in [0.2, 0.25) is 12.7 Å². The number of fused-ring (bicyclic) bond motifs is 1. The van der Waals surface area contributed by atoms with Crippen LogP contribution in [-0.4, -0.2) is 23.3 Å². The molecule has 1 aliphatic heterocycles. The minimum Gasteiger partial charge on any atom is -0.454 e. The predicted octanol–water partition coefficient (Wildman–Crippen LogP) is 4.72. The van der Waals surface area contributed by atoms with E-state index in [1.807, 2.05) is 31.2 Å². The third-order valence-electron chi connectivity index (χ3n) is 4.38. The highest BCUT2D eigenvalue weighted by Gasteiger charge is 2.15. The van der Waals surface area contributed by atoms with Gasteiger partial charge < -0.3 is 19.7 Å². The number of hydrogen-bond acceptors (Lipinski definition) is 6. The molecule has 0 spiro atoms. The predicted molar refractivity (Wildman–Crippen MR) is 106 cm³/mol. The molecule has 6 nitrogen and oxygen atoms in total. The molecule has 1 aromatic heterocycles. The van der Waals surface area contributed by atoms with Gasteiger partial charge in [-0.15, -0.1) is 0 Å². The van der Waals surface area contributed by atoms with Crippen molar-refractivity contribution in [3.05, 3.63) is 59.8 Å². The molecule has 4 rings (SSSR count). The van der Waals surface area contributed by atoms with Gasteiger partial charge in [-0.05, 0) is 50.6 Å². The highest BCUT2D eigenvalue weighted by Crippen LogP contribution is 2.35. The van der Waals surface area contributed by atoms with Crippen LogP contribution in [0.5, 0.6) is 11.5 Å². The molecule has 0 saturated carbocycles. The van der Waals surface area contributed by atoms with Crippen molar-refractivity contribution in [2.75, 3.05) is 23.6 Å². The van der Waals surface area contributed by atoms with Crippen molar-refractivity contribution in [1.29, 1.82) is 0 Å². The van der Waals surface area contributed by atoms with Crippen LogP contribution in [0.4, 0.5) is 23.1 Å². The van der Waals surface area contributed by atoms with Crippen molar-refractivity contribution < 1.29 is 9.47 Å². The number of hydrogen-bond donors (Lipinski definition) is 1. The molecule has 0 saturated heterocycles. The highest BCUT2D eigenvalue weighted by molar-refractivity contribution is 5.64. The molecule has 0 unspecified atom stereocenters. The summed E-state index contributed by atoms with van der Waals surface area (Å²) < 4.78 is 10.8. The minimum atomic E-state index is 0.256. The first-order valence-corrected chi connectivity index (χ1v) is 8.99. The normalized spacial score (nSPS) is 12.1. The lowest BCUT2D eigenvalue weighted by Crippen LogP contribution is -2.18. The van der Waals surface area contributed by atoms with E-state index in [1.165, 1.54) is 5.56 Å². The van der Waals surface area contributed by atoms with Gasteiger partial charge in [-0.1, -0.05) is 12.1 Å². The fourth-order valence-corrected chi connectivity index (χ4v) is 3.12. The van der Waals surface area contributed by atoms with E-state index in [0.717, 1.165) is 40.9 Å². The Bertz CT molecular complexity index is 974. The van der Waals surface area contributed by atoms with Crippen molar-refractivity contribution >= 4 is 23.1 Å². The second-order valence-corrected chi connectivity index (χ2v) is 6.47. The Morgan fingerprint density at radius 3 is 2.67 bits per heavy atom. The summed E-state index contributed by atoms with van der Waals surface area (Å²) in [6.45, 7) is 7.25. The second-order valence-electron chi connectivity index (χ2n) is 6.47. The maximum Gasteiger partial charge on any atom is 0.231 e. The molecule has 1 N–H and O–H groups in total. The zero-order valence-corrected chi connectivity index (χ0v) is 15.7. The van der Waals surface area contributed by atoms with E-state index >= 15 is 0 Å². The molecule has 0 aliphatic carbocycles. The molecule has 0 bridgehead atoms. The fraction of sp³-hybridized carbons (Fsp3) is 0.238. The first kappa shape index (κ1) is 17.1. The van der Waals surface area contributed by atoms with Crippen LogP contribution in [0.25, 0.3) is 0 Å². The highest BCUT2D eigenvalue weighted by atomic mass is 16.7. The van der Waals surface area contributed by atoms with Crippen molar-refractivity contribution in [1.82, 2.24) is 9.97 Å². The summed E-state index contributed by atoms with van der Waals surface area (Å²) in [5.74, 6) is 2.89. The number of aryl methyl sites for hydroxylation is 2. The van der Waals surface area contributed by atoms with Crippen LogP contribution in [0.3, 0.4) is 0 Å². The van der Waals surface area contributed by atoms with E-state index in [4.69, 9.17) is 14.5 Å². The topological polar surface area (TPSA) is 59.5 Å². The van der Waals surface area contributed by atoms with E-state index < -0.39 is 0 Å². The Balaban J connectivity index is 1.64. The molecule has 138 valence electrons. The summed E-state index contributed by atoms with van der Waals surface area (Å²) in [4.78, 5) is 11.4. The molecule has 0 fully saturated rings. The summed E-state index contributed by atoms with van der Waals surface area (Å²) in [6, 6.07) is 16.1. The van der Waals surface area contributed by atoms with Crippen molar-refractivity contribution in [2.24, 2.45) is 0 Å². The fourth-order valence-electron chi connectivity index (χ4n) is 3.12. The lowest BCUT2D eigenvalue weighted by atomic mass is 10.2. The van der Waals surface area contributed by atoms with E-state index in [9.17, 15) is 0 Å². The van der Waals surface area contributed by atoms with Gasteiger partial charge in [0.25, 0.3) is 0 Å². The largest absolute Gasteiger partial charge is 0.454 e. The standard InChI is InChI=1S/C21H22N4O2/c1-4-25(17-7-5-6-14(2)10-17)20-11-15(3)22-21(24-20)23-16-8-9-18-19(12-16)27-13-26-18/h5-12H,4,13H2,1-3H3,(H,22,23,24). The quantitative estimate of drug-likeness (QED) is 0.708. The van der Waals surface area contributed by atoms with Crippen LogP contribution in [0.2, 0.25) is 0 Å². The van der Waals surface area contributed by atoms with Gasteiger partial charge >= 0.3 is 0 Å². The van der Waals surface area contributed by atoms with Crippen molar-refractivity contribution in [2.45, 2.75) is 20.8 Å².